The van der Waals surface area contributed by atoms with Crippen molar-refractivity contribution >= 4 is 24.0 Å². The number of nitrogens with two attached hydrogens (primary N) is 1. The van der Waals surface area contributed by atoms with E-state index in [4.69, 9.17) is 10.5 Å². The molecule has 0 aromatic heterocycles. The summed E-state index contributed by atoms with van der Waals surface area (Å²) in [6.07, 6.45) is 3.62. The minimum atomic E-state index is -0.692. The minimum absolute atomic E-state index is 0. The lowest BCUT2D eigenvalue weighted by Gasteiger charge is -2.22. The fourth-order valence-electron chi connectivity index (χ4n) is 2.49. The van der Waals surface area contributed by atoms with Gasteiger partial charge in [-0.2, -0.15) is 0 Å². The van der Waals surface area contributed by atoms with Crippen molar-refractivity contribution in [2.45, 2.75) is 44.2 Å². The van der Waals surface area contributed by atoms with Crippen LogP contribution in [0, 0.1) is 0 Å². The van der Waals surface area contributed by atoms with Crippen LogP contribution in [0.4, 0.5) is 5.69 Å². The van der Waals surface area contributed by atoms with Gasteiger partial charge < -0.3 is 15.8 Å². The van der Waals surface area contributed by atoms with Crippen LogP contribution >= 0.6 is 12.4 Å². The van der Waals surface area contributed by atoms with Crippen LogP contribution in [0.25, 0.3) is 0 Å². The summed E-state index contributed by atoms with van der Waals surface area (Å²) < 4.78 is 5.28. The van der Waals surface area contributed by atoms with Crippen molar-refractivity contribution in [3.05, 3.63) is 29.8 Å². The molecule has 0 radical (unpaired) electrons. The Hall–Kier alpha value is -1.10. The van der Waals surface area contributed by atoms with Crippen molar-refractivity contribution in [3.8, 4) is 0 Å². The minimum Gasteiger partial charge on any atom is -0.377 e. The van der Waals surface area contributed by atoms with Crippen LogP contribution in [-0.4, -0.2) is 18.6 Å². The van der Waals surface area contributed by atoms with Gasteiger partial charge >= 0.3 is 0 Å². The molecule has 20 heavy (non-hydrogen) atoms. The normalized spacial score (nSPS) is 18.1. The zero-order valence-corrected chi connectivity index (χ0v) is 12.8. The average Bonchev–Trinajstić information content (AvgIpc) is 2.86. The van der Waals surface area contributed by atoms with Crippen molar-refractivity contribution < 1.29 is 9.53 Å². The molecule has 4 nitrogen and oxygen atoms in total. The molecule has 1 saturated carbocycles. The first-order chi connectivity index (χ1) is 9.05. The monoisotopic (exact) mass is 298 g/mol. The van der Waals surface area contributed by atoms with Crippen LogP contribution in [0.1, 0.15) is 44.3 Å². The number of rotatable bonds is 4. The van der Waals surface area contributed by atoms with Crippen molar-refractivity contribution in [2.75, 3.05) is 12.4 Å². The summed E-state index contributed by atoms with van der Waals surface area (Å²) in [5, 5.41) is 2.92. The van der Waals surface area contributed by atoms with Crippen molar-refractivity contribution in [2.24, 2.45) is 5.73 Å². The molecule has 1 amide bonds. The smallest absolute Gasteiger partial charge is 0.244 e. The van der Waals surface area contributed by atoms with Gasteiger partial charge in [0.15, 0.2) is 0 Å². The molecule has 1 aromatic carbocycles. The van der Waals surface area contributed by atoms with E-state index in [2.05, 4.69) is 5.32 Å². The van der Waals surface area contributed by atoms with Gasteiger partial charge in [-0.3, -0.25) is 4.79 Å². The van der Waals surface area contributed by atoms with Gasteiger partial charge in [0.2, 0.25) is 5.91 Å². The van der Waals surface area contributed by atoms with Crippen molar-refractivity contribution in [1.82, 2.24) is 0 Å². The number of carbonyl (C=O) groups is 1. The van der Waals surface area contributed by atoms with E-state index in [-0.39, 0.29) is 24.4 Å². The van der Waals surface area contributed by atoms with E-state index < -0.39 is 5.54 Å². The number of nitrogens with one attached hydrogen (secondary N) is 1. The molecule has 1 aliphatic carbocycles. The Kier molecular flexibility index (Phi) is 5.99. The number of amides is 1. The highest BCUT2D eigenvalue weighted by Crippen LogP contribution is 2.29. The van der Waals surface area contributed by atoms with Crippen LogP contribution in [0.3, 0.4) is 0 Å². The van der Waals surface area contributed by atoms with E-state index in [1.807, 2.05) is 31.2 Å². The molecule has 3 N–H and O–H groups in total. The van der Waals surface area contributed by atoms with E-state index >= 15 is 0 Å². The number of carbonyl (C=O) groups excluding carboxylic acids is 1. The number of ether oxygens (including phenoxy) is 1. The van der Waals surface area contributed by atoms with E-state index in [9.17, 15) is 4.79 Å². The third kappa shape index (κ3) is 3.72. The molecule has 1 aromatic rings. The molecule has 112 valence electrons. The van der Waals surface area contributed by atoms with Gasteiger partial charge in [-0.05, 0) is 37.5 Å². The van der Waals surface area contributed by atoms with Gasteiger partial charge in [0.25, 0.3) is 0 Å². The summed E-state index contributed by atoms with van der Waals surface area (Å²) in [7, 11) is 1.67. The molecule has 5 heteroatoms. The summed E-state index contributed by atoms with van der Waals surface area (Å²) in [5.41, 5.74) is 7.27. The summed E-state index contributed by atoms with van der Waals surface area (Å²) in [5.74, 6) is -0.0766. The zero-order valence-electron chi connectivity index (χ0n) is 12.0. The van der Waals surface area contributed by atoms with Crippen molar-refractivity contribution in [1.29, 1.82) is 0 Å². The van der Waals surface area contributed by atoms with Crippen LogP contribution in [0.5, 0.6) is 0 Å². The molecule has 1 atom stereocenters. The van der Waals surface area contributed by atoms with E-state index in [1.165, 1.54) is 0 Å². The molecule has 0 spiro atoms. The van der Waals surface area contributed by atoms with E-state index in [0.29, 0.717) is 0 Å². The third-order valence-corrected chi connectivity index (χ3v) is 3.92. The largest absolute Gasteiger partial charge is 0.377 e. The number of benzene rings is 1. The standard InChI is InChI=1S/C15H22N2O2.ClH/c1-11(19-2)12-6-5-7-13(10-12)17-14(18)15(16)8-3-4-9-15;/h5-7,10-11H,3-4,8-9,16H2,1-2H3,(H,17,18);1H. The molecule has 0 saturated heterocycles. The Morgan fingerprint density at radius 3 is 2.65 bits per heavy atom. The first-order valence-corrected chi connectivity index (χ1v) is 6.78. The maximum absolute atomic E-state index is 12.2. The quantitative estimate of drug-likeness (QED) is 0.898. The predicted molar refractivity (Wildman–Crippen MR) is 83.1 cm³/mol. The second-order valence-electron chi connectivity index (χ2n) is 5.32. The van der Waals surface area contributed by atoms with Gasteiger partial charge in [0.05, 0.1) is 11.6 Å². The van der Waals surface area contributed by atoms with E-state index in [0.717, 1.165) is 36.9 Å². The molecule has 0 aliphatic heterocycles. The number of halogens is 1. The lowest BCUT2D eigenvalue weighted by molar-refractivity contribution is -0.121. The number of anilines is 1. The molecular formula is C15H23ClN2O2. The first kappa shape index (κ1) is 17.0. The summed E-state index contributed by atoms with van der Waals surface area (Å²) in [6.45, 7) is 1.97. The summed E-state index contributed by atoms with van der Waals surface area (Å²) >= 11 is 0. The average molecular weight is 299 g/mol. The zero-order chi connectivity index (χ0) is 13.9. The van der Waals surface area contributed by atoms with Crippen LogP contribution in [-0.2, 0) is 9.53 Å². The highest BCUT2D eigenvalue weighted by atomic mass is 35.5. The Morgan fingerprint density at radius 1 is 1.40 bits per heavy atom. The Labute approximate surface area is 126 Å². The Morgan fingerprint density at radius 2 is 2.05 bits per heavy atom. The fourth-order valence-corrected chi connectivity index (χ4v) is 2.49. The molecular weight excluding hydrogens is 276 g/mol. The maximum Gasteiger partial charge on any atom is 0.244 e. The maximum atomic E-state index is 12.2. The Balaban J connectivity index is 0.00000200. The fraction of sp³-hybridized carbons (Fsp3) is 0.533. The highest BCUT2D eigenvalue weighted by Gasteiger charge is 2.36. The topological polar surface area (TPSA) is 64.3 Å². The van der Waals surface area contributed by atoms with Gasteiger partial charge in [0.1, 0.15) is 0 Å². The third-order valence-electron chi connectivity index (χ3n) is 3.92. The lowest BCUT2D eigenvalue weighted by Crippen LogP contribution is -2.48. The molecule has 2 rings (SSSR count). The SMILES string of the molecule is COC(C)c1cccc(NC(=O)C2(N)CCCC2)c1.Cl. The summed E-state index contributed by atoms with van der Waals surface area (Å²) in [6, 6.07) is 7.71. The van der Waals surface area contributed by atoms with Crippen LogP contribution in [0.15, 0.2) is 24.3 Å². The number of hydrogen-bond acceptors (Lipinski definition) is 3. The first-order valence-electron chi connectivity index (χ1n) is 6.78. The number of methoxy groups -OCH3 is 1. The molecule has 1 unspecified atom stereocenters. The molecule has 0 bridgehead atoms. The van der Waals surface area contributed by atoms with Crippen LogP contribution < -0.4 is 11.1 Å². The van der Waals surface area contributed by atoms with Crippen LogP contribution in [0.2, 0.25) is 0 Å². The second-order valence-corrected chi connectivity index (χ2v) is 5.32. The Bertz CT molecular complexity index is 459. The van der Waals surface area contributed by atoms with Gasteiger partial charge in [-0.15, -0.1) is 12.4 Å². The molecule has 0 heterocycles. The van der Waals surface area contributed by atoms with Crippen molar-refractivity contribution in [3.63, 3.8) is 0 Å². The molecule has 1 aliphatic rings. The van der Waals surface area contributed by atoms with Gasteiger partial charge in [-0.1, -0.05) is 25.0 Å². The van der Waals surface area contributed by atoms with Gasteiger partial charge in [0, 0.05) is 12.8 Å². The predicted octanol–water partition coefficient (Wildman–Crippen LogP) is 3.03. The lowest BCUT2D eigenvalue weighted by atomic mass is 9.98. The van der Waals surface area contributed by atoms with Gasteiger partial charge in [-0.25, -0.2) is 0 Å². The van der Waals surface area contributed by atoms with E-state index in [1.54, 1.807) is 7.11 Å². The highest BCUT2D eigenvalue weighted by molar-refractivity contribution is 5.98. The number of hydrogen-bond donors (Lipinski definition) is 2. The summed E-state index contributed by atoms with van der Waals surface area (Å²) in [4.78, 5) is 12.2. The molecule has 1 fully saturated rings. The second kappa shape index (κ2) is 7.07.